The zero-order valence-electron chi connectivity index (χ0n) is 15.8. The molecule has 0 fully saturated rings. The van der Waals surface area contributed by atoms with Crippen molar-refractivity contribution in [3.8, 4) is 0 Å². The van der Waals surface area contributed by atoms with Gasteiger partial charge in [-0.1, -0.05) is 43.7 Å². The smallest absolute Gasteiger partial charge is 0.0900 e. The van der Waals surface area contributed by atoms with Crippen LogP contribution in [-0.2, 0) is 11.3 Å². The minimum Gasteiger partial charge on any atom is -0.389 e. The van der Waals surface area contributed by atoms with E-state index in [9.17, 15) is 5.11 Å². The van der Waals surface area contributed by atoms with Crippen LogP contribution in [0.25, 0.3) is 0 Å². The average molecular weight is 322 g/mol. The Morgan fingerprint density at radius 2 is 1.91 bits per heavy atom. The summed E-state index contributed by atoms with van der Waals surface area (Å²) in [5.41, 5.74) is 2.38. The maximum Gasteiger partial charge on any atom is 0.0900 e. The summed E-state index contributed by atoms with van der Waals surface area (Å²) < 4.78 is 5.71. The van der Waals surface area contributed by atoms with Gasteiger partial charge in [0.15, 0.2) is 0 Å². The molecule has 1 aromatic rings. The Morgan fingerprint density at radius 1 is 1.22 bits per heavy atom. The van der Waals surface area contributed by atoms with Crippen LogP contribution in [0.4, 0.5) is 0 Å². The maximum atomic E-state index is 10.3. The molecule has 0 aromatic heterocycles. The van der Waals surface area contributed by atoms with Gasteiger partial charge in [-0.05, 0) is 52.1 Å². The number of aryl methyl sites for hydroxylation is 1. The van der Waals surface area contributed by atoms with E-state index in [4.69, 9.17) is 4.74 Å². The number of rotatable bonds is 9. The average Bonchev–Trinajstić information content (AvgIpc) is 2.42. The highest BCUT2D eigenvalue weighted by atomic mass is 16.5. The molecule has 0 saturated carbocycles. The molecular weight excluding hydrogens is 286 g/mol. The Labute approximate surface area is 142 Å². The highest BCUT2D eigenvalue weighted by Crippen LogP contribution is 2.12. The molecule has 0 aliphatic rings. The second-order valence-corrected chi connectivity index (χ2v) is 7.98. The fourth-order valence-corrected chi connectivity index (χ4v) is 2.44. The molecular formula is C20H35NO2. The SMILES string of the molecule is Cc1cccc(CN(CCC(C)C)C[C@H](O)COC(C)(C)C)c1. The van der Waals surface area contributed by atoms with Gasteiger partial charge in [-0.2, -0.15) is 0 Å². The standard InChI is InChI=1S/C20H35NO2/c1-16(2)10-11-21(13-18-9-7-8-17(3)12-18)14-19(22)15-23-20(4,5)6/h7-9,12,16,19,22H,10-11,13-15H2,1-6H3/t19-/m0/s1. The predicted octanol–water partition coefficient (Wildman–Crippen LogP) is 4.02. The van der Waals surface area contributed by atoms with Crippen molar-refractivity contribution >= 4 is 0 Å². The van der Waals surface area contributed by atoms with Gasteiger partial charge in [0, 0.05) is 13.1 Å². The first-order valence-corrected chi connectivity index (χ1v) is 8.75. The molecule has 0 bridgehead atoms. The number of benzene rings is 1. The van der Waals surface area contributed by atoms with Crippen molar-refractivity contribution in [2.45, 2.75) is 66.2 Å². The number of aliphatic hydroxyl groups excluding tert-OH is 1. The molecule has 3 nitrogen and oxygen atoms in total. The molecule has 0 spiro atoms. The van der Waals surface area contributed by atoms with Crippen LogP contribution in [0.15, 0.2) is 24.3 Å². The predicted molar refractivity (Wildman–Crippen MR) is 97.6 cm³/mol. The van der Waals surface area contributed by atoms with Gasteiger partial charge in [-0.3, -0.25) is 4.90 Å². The van der Waals surface area contributed by atoms with Crippen molar-refractivity contribution in [3.05, 3.63) is 35.4 Å². The Balaban J connectivity index is 2.60. The molecule has 0 aliphatic heterocycles. The van der Waals surface area contributed by atoms with Crippen molar-refractivity contribution in [1.82, 2.24) is 4.90 Å². The second-order valence-electron chi connectivity index (χ2n) is 7.98. The van der Waals surface area contributed by atoms with Crippen molar-refractivity contribution < 1.29 is 9.84 Å². The van der Waals surface area contributed by atoms with Crippen LogP contribution in [0.3, 0.4) is 0 Å². The quantitative estimate of drug-likeness (QED) is 0.745. The van der Waals surface area contributed by atoms with Gasteiger partial charge in [0.1, 0.15) is 0 Å². The lowest BCUT2D eigenvalue weighted by atomic mass is 10.1. The topological polar surface area (TPSA) is 32.7 Å². The highest BCUT2D eigenvalue weighted by Gasteiger charge is 2.17. The van der Waals surface area contributed by atoms with Crippen LogP contribution < -0.4 is 0 Å². The summed E-state index contributed by atoms with van der Waals surface area (Å²) in [6.07, 6.45) is 0.685. The van der Waals surface area contributed by atoms with Crippen LogP contribution in [-0.4, -0.2) is 41.4 Å². The molecule has 0 unspecified atom stereocenters. The number of hydrogen-bond donors (Lipinski definition) is 1. The van der Waals surface area contributed by atoms with Crippen molar-refractivity contribution in [2.75, 3.05) is 19.7 Å². The van der Waals surface area contributed by atoms with Gasteiger partial charge in [0.25, 0.3) is 0 Å². The number of aliphatic hydroxyl groups is 1. The zero-order valence-corrected chi connectivity index (χ0v) is 15.8. The van der Waals surface area contributed by atoms with Gasteiger partial charge >= 0.3 is 0 Å². The lowest BCUT2D eigenvalue weighted by Gasteiger charge is -2.28. The molecule has 3 heteroatoms. The van der Waals surface area contributed by atoms with Crippen LogP contribution in [0, 0.1) is 12.8 Å². The third-order valence-corrected chi connectivity index (χ3v) is 3.69. The summed E-state index contributed by atoms with van der Waals surface area (Å²) in [4.78, 5) is 2.34. The maximum absolute atomic E-state index is 10.3. The molecule has 0 saturated heterocycles. The first-order valence-electron chi connectivity index (χ1n) is 8.75. The van der Waals surface area contributed by atoms with Crippen molar-refractivity contribution in [3.63, 3.8) is 0 Å². The van der Waals surface area contributed by atoms with Gasteiger partial charge < -0.3 is 9.84 Å². The third kappa shape index (κ3) is 9.75. The summed E-state index contributed by atoms with van der Waals surface area (Å²) in [6, 6.07) is 8.60. The minimum absolute atomic E-state index is 0.208. The van der Waals surface area contributed by atoms with Crippen LogP contribution in [0.1, 0.15) is 52.2 Å². The Morgan fingerprint density at radius 3 is 2.48 bits per heavy atom. The molecule has 0 aliphatic carbocycles. The molecule has 1 N–H and O–H groups in total. The van der Waals surface area contributed by atoms with Gasteiger partial charge in [-0.15, -0.1) is 0 Å². The van der Waals surface area contributed by atoms with Crippen molar-refractivity contribution in [1.29, 1.82) is 0 Å². The normalized spacial score (nSPS) is 13.8. The monoisotopic (exact) mass is 321 g/mol. The molecule has 1 rings (SSSR count). The number of ether oxygens (including phenoxy) is 1. The van der Waals surface area contributed by atoms with E-state index in [1.165, 1.54) is 11.1 Å². The summed E-state index contributed by atoms with van der Waals surface area (Å²) in [7, 11) is 0. The van der Waals surface area contributed by atoms with Crippen LogP contribution in [0.5, 0.6) is 0 Å². The van der Waals surface area contributed by atoms with E-state index in [2.05, 4.69) is 49.9 Å². The van der Waals surface area contributed by atoms with E-state index in [0.717, 1.165) is 19.5 Å². The van der Waals surface area contributed by atoms with Crippen LogP contribution in [0.2, 0.25) is 0 Å². The first kappa shape index (κ1) is 20.1. The molecule has 0 radical (unpaired) electrons. The van der Waals surface area contributed by atoms with E-state index in [-0.39, 0.29) is 5.60 Å². The third-order valence-electron chi connectivity index (χ3n) is 3.69. The van der Waals surface area contributed by atoms with Gasteiger partial charge in [-0.25, -0.2) is 0 Å². The molecule has 0 amide bonds. The van der Waals surface area contributed by atoms with E-state index in [0.29, 0.717) is 19.1 Å². The first-order chi connectivity index (χ1) is 10.7. The van der Waals surface area contributed by atoms with E-state index in [1.807, 2.05) is 20.8 Å². The summed E-state index contributed by atoms with van der Waals surface area (Å²) >= 11 is 0. The van der Waals surface area contributed by atoms with Gasteiger partial charge in [0.2, 0.25) is 0 Å². The highest BCUT2D eigenvalue weighted by molar-refractivity contribution is 5.22. The summed E-state index contributed by atoms with van der Waals surface area (Å²) in [5.74, 6) is 0.665. The largest absolute Gasteiger partial charge is 0.389 e. The van der Waals surface area contributed by atoms with Crippen molar-refractivity contribution in [2.24, 2.45) is 5.92 Å². The second kappa shape index (κ2) is 9.41. The summed E-state index contributed by atoms with van der Waals surface area (Å²) in [5, 5.41) is 10.3. The Hall–Kier alpha value is -0.900. The zero-order chi connectivity index (χ0) is 17.5. The molecule has 0 heterocycles. The van der Waals surface area contributed by atoms with Crippen LogP contribution >= 0.6 is 0 Å². The minimum atomic E-state index is -0.453. The summed E-state index contributed by atoms with van der Waals surface area (Å²) in [6.45, 7) is 15.6. The number of nitrogens with zero attached hydrogens (tertiary/aromatic N) is 1. The Bertz CT molecular complexity index is 451. The lowest BCUT2D eigenvalue weighted by Crippen LogP contribution is -2.37. The number of hydrogen-bond acceptors (Lipinski definition) is 3. The molecule has 1 atom stereocenters. The van der Waals surface area contributed by atoms with E-state index < -0.39 is 6.10 Å². The van der Waals surface area contributed by atoms with Gasteiger partial charge in [0.05, 0.1) is 18.3 Å². The fourth-order valence-electron chi connectivity index (χ4n) is 2.44. The van der Waals surface area contributed by atoms with E-state index >= 15 is 0 Å². The molecule has 1 aromatic carbocycles. The Kier molecular flexibility index (Phi) is 8.24. The molecule has 23 heavy (non-hydrogen) atoms. The fraction of sp³-hybridized carbons (Fsp3) is 0.700. The molecule has 132 valence electrons. The van der Waals surface area contributed by atoms with E-state index in [1.54, 1.807) is 0 Å². The lowest BCUT2D eigenvalue weighted by molar-refractivity contribution is -0.0568.